The quantitative estimate of drug-likeness (QED) is 0.891. The maximum Gasteiger partial charge on any atom is 0.185 e. The number of rotatable bonds is 4. The van der Waals surface area contributed by atoms with Crippen molar-refractivity contribution in [3.05, 3.63) is 10.6 Å². The fourth-order valence-corrected chi connectivity index (χ4v) is 3.75. The van der Waals surface area contributed by atoms with E-state index in [-0.39, 0.29) is 0 Å². The van der Waals surface area contributed by atoms with E-state index < -0.39 is 0 Å². The summed E-state index contributed by atoms with van der Waals surface area (Å²) in [6, 6.07) is 0.484. The Labute approximate surface area is 107 Å². The van der Waals surface area contributed by atoms with Crippen molar-refractivity contribution in [1.82, 2.24) is 10.3 Å². The lowest BCUT2D eigenvalue weighted by molar-refractivity contribution is 0.489. The van der Waals surface area contributed by atoms with Crippen molar-refractivity contribution in [2.24, 2.45) is 5.92 Å². The highest BCUT2D eigenvalue weighted by Gasteiger charge is 2.27. The zero-order valence-corrected chi connectivity index (χ0v) is 11.5. The third-order valence-electron chi connectivity index (χ3n) is 3.85. The number of thiazole rings is 1. The van der Waals surface area contributed by atoms with Gasteiger partial charge in [0.25, 0.3) is 0 Å². The monoisotopic (exact) mass is 251 g/mol. The highest BCUT2D eigenvalue weighted by atomic mass is 32.1. The molecule has 1 fully saturated rings. The van der Waals surface area contributed by atoms with Crippen LogP contribution in [0, 0.1) is 5.92 Å². The fraction of sp³-hybridized carbons (Fsp3) is 0.769. The Hall–Kier alpha value is -0.610. The number of anilines is 1. The van der Waals surface area contributed by atoms with Gasteiger partial charge in [0.2, 0.25) is 0 Å². The molecule has 2 aliphatic carbocycles. The summed E-state index contributed by atoms with van der Waals surface area (Å²) in [5.74, 6) is 0.932. The molecule has 94 valence electrons. The minimum absolute atomic E-state index is 0.484. The second kappa shape index (κ2) is 4.58. The van der Waals surface area contributed by atoms with E-state index in [0.717, 1.165) is 5.92 Å². The summed E-state index contributed by atoms with van der Waals surface area (Å²) >= 11 is 1.91. The van der Waals surface area contributed by atoms with Crippen molar-refractivity contribution in [3.63, 3.8) is 0 Å². The summed E-state index contributed by atoms with van der Waals surface area (Å²) in [6.45, 7) is 1.19. The molecular weight excluding hydrogens is 230 g/mol. The molecule has 4 heteroatoms. The van der Waals surface area contributed by atoms with Crippen molar-refractivity contribution >= 4 is 16.5 Å². The number of aromatic nitrogens is 1. The zero-order valence-electron chi connectivity index (χ0n) is 10.7. The van der Waals surface area contributed by atoms with Crippen LogP contribution in [0.3, 0.4) is 0 Å². The molecule has 3 rings (SSSR count). The first-order valence-electron chi connectivity index (χ1n) is 6.66. The third-order valence-corrected chi connectivity index (χ3v) is 5.09. The van der Waals surface area contributed by atoms with E-state index in [4.69, 9.17) is 4.98 Å². The van der Waals surface area contributed by atoms with Crippen molar-refractivity contribution in [2.45, 2.75) is 38.1 Å². The van der Waals surface area contributed by atoms with Crippen LogP contribution in [0.4, 0.5) is 5.13 Å². The van der Waals surface area contributed by atoms with Gasteiger partial charge in [-0.3, -0.25) is 0 Å². The molecule has 1 aromatic rings. The molecule has 1 atom stereocenters. The van der Waals surface area contributed by atoms with Gasteiger partial charge in [-0.2, -0.15) is 0 Å². The van der Waals surface area contributed by atoms with Crippen molar-refractivity contribution in [2.75, 3.05) is 25.5 Å². The number of aryl methyl sites for hydroxylation is 1. The molecule has 2 aliphatic rings. The molecule has 1 heterocycles. The Morgan fingerprint density at radius 3 is 2.94 bits per heavy atom. The van der Waals surface area contributed by atoms with Gasteiger partial charge >= 0.3 is 0 Å². The lowest BCUT2D eigenvalue weighted by Gasteiger charge is -2.19. The highest BCUT2D eigenvalue weighted by Crippen LogP contribution is 2.37. The van der Waals surface area contributed by atoms with E-state index >= 15 is 0 Å². The van der Waals surface area contributed by atoms with Gasteiger partial charge in [-0.1, -0.05) is 0 Å². The summed E-state index contributed by atoms with van der Waals surface area (Å²) in [5.41, 5.74) is 1.32. The SMILES string of the molecule is CNC1CCCc2sc(N(C)CC3CC3)nc21. The van der Waals surface area contributed by atoms with Gasteiger partial charge in [0.15, 0.2) is 5.13 Å². The topological polar surface area (TPSA) is 28.2 Å². The Morgan fingerprint density at radius 2 is 2.24 bits per heavy atom. The number of fused-ring (bicyclic) bond motifs is 1. The van der Waals surface area contributed by atoms with E-state index in [1.807, 2.05) is 18.4 Å². The molecule has 0 saturated heterocycles. The lowest BCUT2D eigenvalue weighted by Crippen LogP contribution is -2.22. The molecule has 0 spiro atoms. The average Bonchev–Trinajstić information content (AvgIpc) is 3.04. The molecule has 1 unspecified atom stereocenters. The predicted molar refractivity (Wildman–Crippen MR) is 72.8 cm³/mol. The maximum absolute atomic E-state index is 4.87. The van der Waals surface area contributed by atoms with Crippen molar-refractivity contribution in [3.8, 4) is 0 Å². The van der Waals surface area contributed by atoms with Crippen LogP contribution in [0.1, 0.15) is 42.3 Å². The van der Waals surface area contributed by atoms with Crippen LogP contribution in [-0.4, -0.2) is 25.6 Å². The van der Waals surface area contributed by atoms with Crippen LogP contribution in [0.5, 0.6) is 0 Å². The molecule has 1 N–H and O–H groups in total. The number of nitrogens with one attached hydrogen (secondary N) is 1. The van der Waals surface area contributed by atoms with E-state index in [2.05, 4.69) is 17.3 Å². The summed E-state index contributed by atoms with van der Waals surface area (Å²) in [4.78, 5) is 8.73. The summed E-state index contributed by atoms with van der Waals surface area (Å²) in [5, 5.41) is 4.62. The normalized spacial score (nSPS) is 23.5. The molecule has 1 saturated carbocycles. The molecule has 0 bridgehead atoms. The average molecular weight is 251 g/mol. The van der Waals surface area contributed by atoms with Crippen molar-refractivity contribution < 1.29 is 0 Å². The van der Waals surface area contributed by atoms with Crippen LogP contribution in [-0.2, 0) is 6.42 Å². The molecule has 0 aromatic carbocycles. The molecule has 3 nitrogen and oxygen atoms in total. The first-order valence-corrected chi connectivity index (χ1v) is 7.47. The van der Waals surface area contributed by atoms with Crippen LogP contribution >= 0.6 is 11.3 Å². The van der Waals surface area contributed by atoms with Gasteiger partial charge < -0.3 is 10.2 Å². The second-order valence-corrected chi connectivity index (χ2v) is 6.42. The summed E-state index contributed by atoms with van der Waals surface area (Å²) in [7, 11) is 4.24. The smallest absolute Gasteiger partial charge is 0.185 e. The van der Waals surface area contributed by atoms with Crippen LogP contribution < -0.4 is 10.2 Å². The van der Waals surface area contributed by atoms with Crippen LogP contribution in [0.25, 0.3) is 0 Å². The molecular formula is C13H21N3S. The minimum Gasteiger partial charge on any atom is -0.351 e. The lowest BCUT2D eigenvalue weighted by atomic mass is 9.98. The van der Waals surface area contributed by atoms with Crippen LogP contribution in [0.2, 0.25) is 0 Å². The van der Waals surface area contributed by atoms with Gasteiger partial charge in [-0.15, -0.1) is 11.3 Å². The van der Waals surface area contributed by atoms with Crippen LogP contribution in [0.15, 0.2) is 0 Å². The third kappa shape index (κ3) is 2.33. The first-order chi connectivity index (χ1) is 8.28. The zero-order chi connectivity index (χ0) is 11.8. The summed E-state index contributed by atoms with van der Waals surface area (Å²) in [6.07, 6.45) is 6.58. The largest absolute Gasteiger partial charge is 0.351 e. The molecule has 17 heavy (non-hydrogen) atoms. The van der Waals surface area contributed by atoms with Gasteiger partial charge in [0, 0.05) is 18.5 Å². The molecule has 0 radical (unpaired) electrons. The first kappa shape index (κ1) is 11.5. The molecule has 0 amide bonds. The summed E-state index contributed by atoms with van der Waals surface area (Å²) < 4.78 is 0. The maximum atomic E-state index is 4.87. The molecule has 1 aromatic heterocycles. The Morgan fingerprint density at radius 1 is 1.41 bits per heavy atom. The Bertz CT molecular complexity index is 397. The number of hydrogen-bond acceptors (Lipinski definition) is 4. The second-order valence-electron chi connectivity index (χ2n) is 5.36. The van der Waals surface area contributed by atoms with Gasteiger partial charge in [-0.25, -0.2) is 4.98 Å². The Balaban J connectivity index is 1.79. The number of nitrogens with zero attached hydrogens (tertiary/aromatic N) is 2. The predicted octanol–water partition coefficient (Wildman–Crippen LogP) is 2.59. The van der Waals surface area contributed by atoms with Crippen molar-refractivity contribution in [1.29, 1.82) is 0 Å². The fourth-order valence-electron chi connectivity index (χ4n) is 2.62. The van der Waals surface area contributed by atoms with E-state index in [9.17, 15) is 0 Å². The van der Waals surface area contributed by atoms with Gasteiger partial charge in [0.05, 0.1) is 11.7 Å². The van der Waals surface area contributed by atoms with Gasteiger partial charge in [0.1, 0.15) is 0 Å². The van der Waals surface area contributed by atoms with E-state index in [1.165, 1.54) is 54.4 Å². The number of hydrogen-bond donors (Lipinski definition) is 1. The van der Waals surface area contributed by atoms with E-state index in [0.29, 0.717) is 6.04 Å². The van der Waals surface area contributed by atoms with E-state index in [1.54, 1.807) is 0 Å². The molecule has 0 aliphatic heterocycles. The van der Waals surface area contributed by atoms with Gasteiger partial charge in [-0.05, 0) is 45.1 Å². The minimum atomic E-state index is 0.484. The Kier molecular flexibility index (Phi) is 3.09. The standard InChI is InChI=1S/C13H21N3S/c1-14-10-4-3-5-11-12(10)15-13(17-11)16(2)8-9-6-7-9/h9-10,14H,3-8H2,1-2H3. The highest BCUT2D eigenvalue weighted by molar-refractivity contribution is 7.15.